The van der Waals surface area contributed by atoms with E-state index in [0.717, 1.165) is 30.0 Å². The molecule has 0 bridgehead atoms. The van der Waals surface area contributed by atoms with E-state index < -0.39 is 0 Å². The van der Waals surface area contributed by atoms with Crippen LogP contribution in [0.3, 0.4) is 0 Å². The van der Waals surface area contributed by atoms with E-state index in [9.17, 15) is 0 Å². The van der Waals surface area contributed by atoms with Crippen molar-refractivity contribution < 1.29 is 0 Å². The zero-order valence-corrected chi connectivity index (χ0v) is 13.3. The molecule has 1 unspecified atom stereocenters. The Kier molecular flexibility index (Phi) is 3.94. The van der Waals surface area contributed by atoms with Crippen LogP contribution in [0.5, 0.6) is 0 Å². The second kappa shape index (κ2) is 5.70. The molecule has 0 saturated carbocycles. The molecule has 0 spiro atoms. The first kappa shape index (κ1) is 13.8. The Morgan fingerprint density at radius 2 is 2.30 bits per heavy atom. The molecule has 3 nitrogen and oxygen atoms in total. The Hall–Kier alpha value is -1.13. The number of nitrogens with zero attached hydrogens (tertiary/aromatic N) is 2. The first-order valence-electron chi connectivity index (χ1n) is 7.05. The molecule has 20 heavy (non-hydrogen) atoms. The van der Waals surface area contributed by atoms with Crippen LogP contribution in [0.25, 0.3) is 0 Å². The number of rotatable bonds is 3. The van der Waals surface area contributed by atoms with Crippen LogP contribution in [0.2, 0.25) is 5.15 Å². The highest BCUT2D eigenvalue weighted by Crippen LogP contribution is 2.36. The van der Waals surface area contributed by atoms with Gasteiger partial charge in [0.05, 0.1) is 6.04 Å². The first-order chi connectivity index (χ1) is 9.69. The van der Waals surface area contributed by atoms with E-state index >= 15 is 0 Å². The average Bonchev–Trinajstić information content (AvgIpc) is 2.93. The van der Waals surface area contributed by atoms with E-state index in [4.69, 9.17) is 11.6 Å². The van der Waals surface area contributed by atoms with Gasteiger partial charge in [-0.2, -0.15) is 0 Å². The number of fused-ring (bicyclic) bond motifs is 1. The normalized spacial score (nSPS) is 17.9. The second-order valence-electron chi connectivity index (χ2n) is 5.15. The van der Waals surface area contributed by atoms with Crippen molar-refractivity contribution in [3.05, 3.63) is 38.4 Å². The van der Waals surface area contributed by atoms with Gasteiger partial charge in [0.15, 0.2) is 0 Å². The van der Waals surface area contributed by atoms with Crippen LogP contribution in [0.1, 0.15) is 47.6 Å². The van der Waals surface area contributed by atoms with Crippen LogP contribution in [0.15, 0.2) is 11.4 Å². The average molecular weight is 308 g/mol. The Labute approximate surface area is 128 Å². The summed E-state index contributed by atoms with van der Waals surface area (Å²) in [6, 6.07) is 2.58. The van der Waals surface area contributed by atoms with Crippen molar-refractivity contribution in [2.45, 2.75) is 45.6 Å². The maximum absolute atomic E-state index is 6.21. The quantitative estimate of drug-likeness (QED) is 0.845. The number of hydrogen-bond donors (Lipinski definition) is 1. The molecule has 1 aliphatic rings. The molecule has 1 aliphatic carbocycles. The van der Waals surface area contributed by atoms with Crippen LogP contribution >= 0.6 is 22.9 Å². The lowest BCUT2D eigenvalue weighted by Crippen LogP contribution is -2.17. The SMILES string of the molecule is CCc1nc(Cl)c(C)c(NC2CCCc3sccc32)n1. The molecule has 106 valence electrons. The molecule has 3 rings (SSSR count). The molecule has 0 radical (unpaired) electrons. The molecule has 0 amide bonds. The summed E-state index contributed by atoms with van der Waals surface area (Å²) in [6.45, 7) is 4.02. The van der Waals surface area contributed by atoms with Gasteiger partial charge in [0.2, 0.25) is 0 Å². The summed E-state index contributed by atoms with van der Waals surface area (Å²) < 4.78 is 0. The summed E-state index contributed by atoms with van der Waals surface area (Å²) >= 11 is 8.06. The fourth-order valence-electron chi connectivity index (χ4n) is 2.63. The Balaban J connectivity index is 1.91. The van der Waals surface area contributed by atoms with Crippen molar-refractivity contribution in [2.24, 2.45) is 0 Å². The van der Waals surface area contributed by atoms with E-state index in [0.29, 0.717) is 11.2 Å². The summed E-state index contributed by atoms with van der Waals surface area (Å²) in [5.74, 6) is 1.68. The molecule has 2 aromatic heterocycles. The van der Waals surface area contributed by atoms with Gasteiger partial charge in [-0.25, -0.2) is 9.97 Å². The predicted octanol–water partition coefficient (Wildman–Crippen LogP) is 4.55. The molecular weight excluding hydrogens is 290 g/mol. The Bertz CT molecular complexity index is 624. The van der Waals surface area contributed by atoms with Crippen LogP contribution in [0.4, 0.5) is 5.82 Å². The van der Waals surface area contributed by atoms with Crippen LogP contribution in [-0.4, -0.2) is 9.97 Å². The number of halogens is 1. The largest absolute Gasteiger partial charge is 0.363 e. The van der Waals surface area contributed by atoms with E-state index in [2.05, 4.69) is 26.7 Å². The number of aryl methyl sites for hydroxylation is 2. The smallest absolute Gasteiger partial charge is 0.137 e. The molecule has 0 fully saturated rings. The maximum atomic E-state index is 6.21. The zero-order valence-electron chi connectivity index (χ0n) is 11.7. The van der Waals surface area contributed by atoms with Crippen LogP contribution < -0.4 is 5.32 Å². The summed E-state index contributed by atoms with van der Waals surface area (Å²) in [5, 5.41) is 6.32. The number of thiophene rings is 1. The van der Waals surface area contributed by atoms with Crippen molar-refractivity contribution in [3.63, 3.8) is 0 Å². The van der Waals surface area contributed by atoms with Crippen molar-refractivity contribution in [1.29, 1.82) is 0 Å². The van der Waals surface area contributed by atoms with Gasteiger partial charge in [0, 0.05) is 16.9 Å². The molecule has 2 heterocycles. The van der Waals surface area contributed by atoms with E-state index in [1.165, 1.54) is 23.3 Å². The van der Waals surface area contributed by atoms with Gasteiger partial charge in [-0.15, -0.1) is 11.3 Å². The number of aromatic nitrogens is 2. The maximum Gasteiger partial charge on any atom is 0.137 e. The Morgan fingerprint density at radius 3 is 3.10 bits per heavy atom. The van der Waals surface area contributed by atoms with Crippen molar-refractivity contribution in [1.82, 2.24) is 9.97 Å². The van der Waals surface area contributed by atoms with Crippen LogP contribution in [-0.2, 0) is 12.8 Å². The highest BCUT2D eigenvalue weighted by Gasteiger charge is 2.22. The molecule has 0 aliphatic heterocycles. The molecule has 0 saturated heterocycles. The minimum Gasteiger partial charge on any atom is -0.363 e. The Morgan fingerprint density at radius 1 is 1.45 bits per heavy atom. The molecule has 5 heteroatoms. The predicted molar refractivity (Wildman–Crippen MR) is 84.8 cm³/mol. The highest BCUT2D eigenvalue weighted by atomic mass is 35.5. The molecule has 1 atom stereocenters. The second-order valence-corrected chi connectivity index (χ2v) is 6.50. The third-order valence-corrected chi connectivity index (χ3v) is 5.18. The van der Waals surface area contributed by atoms with E-state index in [1.54, 1.807) is 0 Å². The summed E-state index contributed by atoms with van der Waals surface area (Å²) in [6.07, 6.45) is 4.37. The van der Waals surface area contributed by atoms with Crippen molar-refractivity contribution >= 4 is 28.8 Å². The van der Waals surface area contributed by atoms with Crippen molar-refractivity contribution in [2.75, 3.05) is 5.32 Å². The minimum absolute atomic E-state index is 0.347. The third kappa shape index (κ3) is 2.54. The van der Waals surface area contributed by atoms with E-state index in [-0.39, 0.29) is 0 Å². The van der Waals surface area contributed by atoms with Gasteiger partial charge in [-0.05, 0) is 43.2 Å². The van der Waals surface area contributed by atoms with Gasteiger partial charge in [-0.1, -0.05) is 18.5 Å². The molecule has 0 aromatic carbocycles. The third-order valence-electron chi connectivity index (χ3n) is 3.81. The van der Waals surface area contributed by atoms with Gasteiger partial charge < -0.3 is 5.32 Å². The van der Waals surface area contributed by atoms with Crippen molar-refractivity contribution in [3.8, 4) is 0 Å². The van der Waals surface area contributed by atoms with Gasteiger partial charge >= 0.3 is 0 Å². The fourth-order valence-corrected chi connectivity index (χ4v) is 3.81. The molecular formula is C15H18ClN3S. The monoisotopic (exact) mass is 307 g/mol. The summed E-state index contributed by atoms with van der Waals surface area (Å²) in [5.41, 5.74) is 2.36. The zero-order chi connectivity index (χ0) is 14.1. The van der Waals surface area contributed by atoms with Crippen LogP contribution in [0, 0.1) is 6.92 Å². The fraction of sp³-hybridized carbons (Fsp3) is 0.467. The highest BCUT2D eigenvalue weighted by molar-refractivity contribution is 7.10. The standard InChI is InChI=1S/C15H18ClN3S/c1-3-13-18-14(16)9(2)15(19-13)17-11-5-4-6-12-10(11)7-8-20-12/h7-8,11H,3-6H2,1-2H3,(H,17,18,19). The number of hydrogen-bond acceptors (Lipinski definition) is 4. The summed E-state index contributed by atoms with van der Waals surface area (Å²) in [4.78, 5) is 10.4. The summed E-state index contributed by atoms with van der Waals surface area (Å²) in [7, 11) is 0. The first-order valence-corrected chi connectivity index (χ1v) is 8.30. The number of nitrogens with one attached hydrogen (secondary N) is 1. The van der Waals surface area contributed by atoms with Gasteiger partial charge in [-0.3, -0.25) is 0 Å². The number of anilines is 1. The lowest BCUT2D eigenvalue weighted by Gasteiger charge is -2.25. The van der Waals surface area contributed by atoms with Gasteiger partial charge in [0.1, 0.15) is 16.8 Å². The molecule has 2 aromatic rings. The molecule has 1 N–H and O–H groups in total. The van der Waals surface area contributed by atoms with E-state index in [1.807, 2.05) is 25.2 Å². The lowest BCUT2D eigenvalue weighted by atomic mass is 9.94. The minimum atomic E-state index is 0.347. The van der Waals surface area contributed by atoms with Gasteiger partial charge in [0.25, 0.3) is 0 Å². The lowest BCUT2D eigenvalue weighted by molar-refractivity contribution is 0.606. The topological polar surface area (TPSA) is 37.8 Å².